The molecule has 0 fully saturated rings. The van der Waals surface area contributed by atoms with Gasteiger partial charge in [-0.1, -0.05) is 49.2 Å². The summed E-state index contributed by atoms with van der Waals surface area (Å²) in [5.41, 5.74) is -0.860. The van der Waals surface area contributed by atoms with Crippen molar-refractivity contribution in [3.8, 4) is 0 Å². The molecule has 0 saturated carbocycles. The van der Waals surface area contributed by atoms with Crippen molar-refractivity contribution in [3.63, 3.8) is 0 Å². The third kappa shape index (κ3) is 5.81. The van der Waals surface area contributed by atoms with Gasteiger partial charge in [0.25, 0.3) is 0 Å². The monoisotopic (exact) mass is 482 g/mol. The van der Waals surface area contributed by atoms with E-state index in [1.807, 2.05) is 6.92 Å². The van der Waals surface area contributed by atoms with E-state index < -0.39 is 17.8 Å². The molecule has 0 aliphatic heterocycles. The fraction of sp³-hybridized carbons (Fsp3) is 0.304. The summed E-state index contributed by atoms with van der Waals surface area (Å²) >= 11 is 7.61. The molecule has 0 atom stereocenters. The fourth-order valence-corrected chi connectivity index (χ4v) is 4.25. The highest BCUT2D eigenvalue weighted by Crippen LogP contribution is 2.35. The van der Waals surface area contributed by atoms with Crippen LogP contribution >= 0.6 is 22.9 Å². The minimum Gasteiger partial charge on any atom is -0.478 e. The number of aromatic nitrogens is 2. The highest BCUT2D eigenvalue weighted by Gasteiger charge is 2.38. The smallest absolute Gasteiger partial charge is 0.435 e. The van der Waals surface area contributed by atoms with Crippen molar-refractivity contribution in [2.75, 3.05) is 0 Å². The number of rotatable bonds is 9. The number of carboxylic acids is 1. The number of alkyl halides is 3. The third-order valence-electron chi connectivity index (χ3n) is 4.93. The highest BCUT2D eigenvalue weighted by molar-refractivity contribution is 7.09. The van der Waals surface area contributed by atoms with Crippen molar-refractivity contribution >= 4 is 35.0 Å². The van der Waals surface area contributed by atoms with Gasteiger partial charge in [0.15, 0.2) is 5.69 Å². The van der Waals surface area contributed by atoms with Gasteiger partial charge in [0, 0.05) is 28.3 Å². The number of hydrogen-bond acceptors (Lipinski definition) is 3. The molecule has 0 spiro atoms. The Kier molecular flexibility index (Phi) is 7.79. The molecule has 0 saturated heterocycles. The van der Waals surface area contributed by atoms with E-state index in [-0.39, 0.29) is 30.1 Å². The number of halogens is 4. The maximum atomic E-state index is 13.9. The Bertz CT molecular complexity index is 1110. The van der Waals surface area contributed by atoms with E-state index in [1.165, 1.54) is 15.9 Å². The zero-order chi connectivity index (χ0) is 23.3. The predicted octanol–water partition coefficient (Wildman–Crippen LogP) is 6.72. The molecule has 0 aliphatic carbocycles. The third-order valence-corrected chi connectivity index (χ3v) is 6.17. The molecule has 0 aliphatic rings. The Morgan fingerprint density at radius 3 is 2.59 bits per heavy atom. The van der Waals surface area contributed by atoms with Crippen molar-refractivity contribution in [1.29, 1.82) is 0 Å². The maximum Gasteiger partial charge on any atom is 0.435 e. The lowest BCUT2D eigenvalue weighted by molar-refractivity contribution is -0.141. The first-order valence-corrected chi connectivity index (χ1v) is 11.3. The van der Waals surface area contributed by atoms with E-state index in [4.69, 9.17) is 11.6 Å². The first kappa shape index (κ1) is 24.1. The lowest BCUT2D eigenvalue weighted by atomic mass is 10.1. The Balaban J connectivity index is 2.19. The van der Waals surface area contributed by atoms with Crippen molar-refractivity contribution in [1.82, 2.24) is 9.55 Å². The molecule has 2 heterocycles. The number of carbonyl (C=O) groups is 1. The molecule has 0 bridgehead atoms. The first-order valence-electron chi connectivity index (χ1n) is 10.1. The fourth-order valence-electron chi connectivity index (χ4n) is 3.32. The summed E-state index contributed by atoms with van der Waals surface area (Å²) in [6, 6.07) is 10.4. The summed E-state index contributed by atoms with van der Waals surface area (Å²) in [7, 11) is 0. The molecule has 3 rings (SSSR count). The van der Waals surface area contributed by atoms with E-state index in [0.717, 1.165) is 17.4 Å². The first-order chi connectivity index (χ1) is 15.2. The SMILES string of the molecule is CCCCc1nc(C(F)(F)F)c(/C=C(\Cc2cccs2)C(=O)O)n1Cc1ccccc1Cl. The number of thiophene rings is 1. The van der Waals surface area contributed by atoms with E-state index in [1.54, 1.807) is 41.8 Å². The van der Waals surface area contributed by atoms with E-state index in [9.17, 15) is 23.1 Å². The standard InChI is InChI=1S/C23H22ClF3N2O2S/c1-2-3-10-20-28-21(23(25,26)27)19(29(20)14-15-7-4-5-9-18(15)24)13-16(22(30)31)12-17-8-6-11-32-17/h4-9,11,13H,2-3,10,12,14H2,1H3,(H,30,31)/b16-13+. The van der Waals surface area contributed by atoms with Crippen molar-refractivity contribution in [3.05, 3.63) is 80.0 Å². The van der Waals surface area contributed by atoms with E-state index in [0.29, 0.717) is 23.4 Å². The van der Waals surface area contributed by atoms with Crippen LogP contribution in [-0.2, 0) is 30.4 Å². The number of carboxylic acid groups (broad SMARTS) is 1. The second-order valence-corrected chi connectivity index (χ2v) is 8.71. The molecule has 0 unspecified atom stereocenters. The number of aryl methyl sites for hydroxylation is 1. The second-order valence-electron chi connectivity index (χ2n) is 7.27. The van der Waals surface area contributed by atoms with Gasteiger partial charge in [0.05, 0.1) is 12.2 Å². The predicted molar refractivity (Wildman–Crippen MR) is 120 cm³/mol. The van der Waals surface area contributed by atoms with Crippen LogP contribution in [0.1, 0.15) is 47.4 Å². The zero-order valence-corrected chi connectivity index (χ0v) is 18.9. The quantitative estimate of drug-likeness (QED) is 0.344. The molecule has 1 N–H and O–H groups in total. The van der Waals surface area contributed by atoms with Gasteiger partial charge in [-0.2, -0.15) is 13.2 Å². The van der Waals surface area contributed by atoms with Crippen LogP contribution in [0.25, 0.3) is 6.08 Å². The van der Waals surface area contributed by atoms with Crippen LogP contribution in [0.5, 0.6) is 0 Å². The molecule has 170 valence electrons. The lowest BCUT2D eigenvalue weighted by Crippen LogP contribution is -2.12. The van der Waals surface area contributed by atoms with Crippen LogP contribution in [0.2, 0.25) is 5.02 Å². The molecule has 1 aromatic carbocycles. The molecule has 0 amide bonds. The molecular weight excluding hydrogens is 461 g/mol. The van der Waals surface area contributed by atoms with Crippen LogP contribution in [0.3, 0.4) is 0 Å². The number of hydrogen-bond donors (Lipinski definition) is 1. The summed E-state index contributed by atoms with van der Waals surface area (Å²) in [4.78, 5) is 16.6. The second kappa shape index (κ2) is 10.4. The Labute approximate surface area is 193 Å². The molecule has 2 aromatic heterocycles. The minimum absolute atomic E-state index is 0.0197. The van der Waals surface area contributed by atoms with Crippen LogP contribution in [0.4, 0.5) is 13.2 Å². The largest absolute Gasteiger partial charge is 0.478 e. The van der Waals surface area contributed by atoms with Gasteiger partial charge in [-0.3, -0.25) is 0 Å². The number of unbranched alkanes of at least 4 members (excludes halogenated alkanes) is 1. The van der Waals surface area contributed by atoms with Gasteiger partial charge < -0.3 is 9.67 Å². The number of imidazole rings is 1. The highest BCUT2D eigenvalue weighted by atomic mass is 35.5. The minimum atomic E-state index is -4.73. The molecular formula is C23H22ClF3N2O2S. The van der Waals surface area contributed by atoms with Crippen molar-refractivity contribution in [2.24, 2.45) is 0 Å². The summed E-state index contributed by atoms with van der Waals surface area (Å²) < 4.78 is 43.2. The lowest BCUT2D eigenvalue weighted by Gasteiger charge is -2.13. The maximum absolute atomic E-state index is 13.9. The Hall–Kier alpha value is -2.58. The average molecular weight is 483 g/mol. The van der Waals surface area contributed by atoms with Gasteiger partial charge in [-0.25, -0.2) is 9.78 Å². The summed E-state index contributed by atoms with van der Waals surface area (Å²) in [6.45, 7) is 2.00. The summed E-state index contributed by atoms with van der Waals surface area (Å²) in [5, 5.41) is 11.9. The van der Waals surface area contributed by atoms with Gasteiger partial charge in [0.1, 0.15) is 5.82 Å². The van der Waals surface area contributed by atoms with E-state index in [2.05, 4.69) is 4.98 Å². The van der Waals surface area contributed by atoms with Crippen LogP contribution < -0.4 is 0 Å². The van der Waals surface area contributed by atoms with Gasteiger partial charge in [0.2, 0.25) is 0 Å². The van der Waals surface area contributed by atoms with Crippen LogP contribution in [-0.4, -0.2) is 20.6 Å². The number of aliphatic carboxylic acids is 1. The molecule has 0 radical (unpaired) electrons. The average Bonchev–Trinajstić information content (AvgIpc) is 3.36. The normalized spacial score (nSPS) is 12.3. The van der Waals surface area contributed by atoms with Gasteiger partial charge >= 0.3 is 12.1 Å². The summed E-state index contributed by atoms with van der Waals surface area (Å²) in [6.07, 6.45) is -1.84. The number of nitrogens with zero attached hydrogens (tertiary/aromatic N) is 2. The molecule has 9 heteroatoms. The summed E-state index contributed by atoms with van der Waals surface area (Å²) in [5.74, 6) is -1.02. The van der Waals surface area contributed by atoms with Crippen molar-refractivity contribution in [2.45, 2.75) is 45.3 Å². The molecule has 3 aromatic rings. The molecule has 4 nitrogen and oxygen atoms in total. The Morgan fingerprint density at radius 2 is 2.00 bits per heavy atom. The van der Waals surface area contributed by atoms with Gasteiger partial charge in [-0.05, 0) is 35.6 Å². The molecule has 32 heavy (non-hydrogen) atoms. The van der Waals surface area contributed by atoms with Gasteiger partial charge in [-0.15, -0.1) is 11.3 Å². The topological polar surface area (TPSA) is 55.1 Å². The number of benzene rings is 1. The van der Waals surface area contributed by atoms with Crippen LogP contribution in [0, 0.1) is 0 Å². The zero-order valence-electron chi connectivity index (χ0n) is 17.3. The van der Waals surface area contributed by atoms with E-state index >= 15 is 0 Å². The Morgan fingerprint density at radius 1 is 1.25 bits per heavy atom. The van der Waals surface area contributed by atoms with Crippen molar-refractivity contribution < 1.29 is 23.1 Å². The van der Waals surface area contributed by atoms with Crippen LogP contribution in [0.15, 0.2) is 47.4 Å².